The zero-order valence-corrected chi connectivity index (χ0v) is 39.2. The topological polar surface area (TPSA) is 101 Å². The molecule has 54 heavy (non-hydrogen) atoms. The number of amides is 4. The van der Waals surface area contributed by atoms with E-state index in [1.807, 2.05) is 36.4 Å². The molecule has 0 N–H and O–H groups in total. The fourth-order valence-corrected chi connectivity index (χ4v) is 11.1. The smallest absolute Gasteiger partial charge is 0.267 e. The first kappa shape index (κ1) is 38.2. The van der Waals surface area contributed by atoms with E-state index in [-0.39, 0.29) is 22.3 Å². The van der Waals surface area contributed by atoms with Crippen molar-refractivity contribution in [1.29, 1.82) is 0 Å². The van der Waals surface area contributed by atoms with Gasteiger partial charge in [-0.1, -0.05) is 54.6 Å². The predicted molar refractivity (Wildman–Crippen MR) is 235 cm³/mol. The lowest BCUT2D eigenvalue weighted by Gasteiger charge is -2.16. The van der Waals surface area contributed by atoms with E-state index in [1.165, 1.54) is 0 Å². The molecular weight excluding hydrogens is 1220 g/mol. The molecule has 0 unspecified atom stereocenters. The largest absolute Gasteiger partial charge is 0.268 e. The maximum atomic E-state index is 13.6. The van der Waals surface area contributed by atoms with E-state index in [1.54, 1.807) is 48.5 Å². The molecule has 2 aliphatic heterocycles. The summed E-state index contributed by atoms with van der Waals surface area (Å²) in [5, 5.41) is 0. The minimum Gasteiger partial charge on any atom is -0.268 e. The Labute approximate surface area is 374 Å². The van der Waals surface area contributed by atoms with Crippen molar-refractivity contribution in [3.63, 3.8) is 0 Å². The second-order valence-electron chi connectivity index (χ2n) is 11.8. The van der Waals surface area contributed by atoms with E-state index in [0.717, 1.165) is 26.5 Å². The molecule has 0 spiro atoms. The van der Waals surface area contributed by atoms with Crippen molar-refractivity contribution in [3.05, 3.63) is 143 Å². The molecule has 0 fully saturated rings. The summed E-state index contributed by atoms with van der Waals surface area (Å²) in [5.74, 6) is -1.34. The zero-order valence-electron chi connectivity index (χ0n) is 26.5. The van der Waals surface area contributed by atoms with Gasteiger partial charge < -0.3 is 0 Å². The number of hydrogen-bond acceptors (Lipinski definition) is 6. The van der Waals surface area contributed by atoms with Gasteiger partial charge in [0.05, 0.1) is 45.0 Å². The molecule has 0 radical (unpaired) electrons. The third-order valence-electron chi connectivity index (χ3n) is 8.80. The van der Waals surface area contributed by atoms with E-state index >= 15 is 0 Å². The monoisotopic (exact) mass is 1220 g/mol. The highest BCUT2D eigenvalue weighted by Crippen LogP contribution is 2.48. The first-order valence-electron chi connectivity index (χ1n) is 15.4. The highest BCUT2D eigenvalue weighted by molar-refractivity contribution is 9.15. The lowest BCUT2D eigenvalue weighted by molar-refractivity contribution is 0.0910. The summed E-state index contributed by atoms with van der Waals surface area (Å²) in [4.78, 5) is 66.5. The van der Waals surface area contributed by atoms with Crippen molar-refractivity contribution in [2.75, 3.05) is 9.80 Å². The Kier molecular flexibility index (Phi) is 10.4. The Morgan fingerprint density at radius 1 is 0.370 bits per heavy atom. The van der Waals surface area contributed by atoms with Crippen LogP contribution < -0.4 is 9.80 Å². The van der Waals surface area contributed by atoms with E-state index in [4.69, 9.17) is 9.97 Å². The number of aromatic nitrogens is 2. The molecule has 4 amide bonds. The third-order valence-corrected chi connectivity index (χ3v) is 18.3. The number of rotatable bonds is 5. The Morgan fingerprint density at radius 2 is 0.685 bits per heavy atom. The van der Waals surface area contributed by atoms with Crippen LogP contribution >= 0.6 is 127 Å². The van der Waals surface area contributed by atoms with Crippen molar-refractivity contribution < 1.29 is 19.2 Å². The number of nitrogens with zero attached hydrogens (tertiary/aromatic N) is 4. The van der Waals surface area contributed by atoms with Crippen molar-refractivity contribution in [2.24, 2.45) is 0 Å². The van der Waals surface area contributed by atoms with Crippen LogP contribution in [0.5, 0.6) is 0 Å². The van der Waals surface area contributed by atoms with Gasteiger partial charge in [0.2, 0.25) is 0 Å². The van der Waals surface area contributed by atoms with Gasteiger partial charge in [0.25, 0.3) is 23.6 Å². The van der Waals surface area contributed by atoms with Gasteiger partial charge in [-0.25, -0.2) is 19.8 Å². The molecule has 2 aliphatic rings. The molecular formula is C38H14Br8N4O4. The number of halogens is 8. The maximum Gasteiger partial charge on any atom is 0.267 e. The molecule has 6 aromatic rings. The highest BCUT2D eigenvalue weighted by Gasteiger charge is 2.43. The number of carbonyl (C=O) groups is 4. The zero-order chi connectivity index (χ0) is 38.3. The fourth-order valence-electron chi connectivity index (χ4n) is 6.19. The van der Waals surface area contributed by atoms with Crippen molar-refractivity contribution >= 4 is 162 Å². The van der Waals surface area contributed by atoms with E-state index in [0.29, 0.717) is 64.4 Å². The molecule has 266 valence electrons. The summed E-state index contributed by atoms with van der Waals surface area (Å²) >= 11 is 27.8. The average Bonchev–Trinajstić information content (AvgIpc) is 3.61. The summed E-state index contributed by atoms with van der Waals surface area (Å²) in [6.07, 6.45) is 0. The molecule has 8 rings (SSSR count). The molecule has 1 aromatic heterocycles. The van der Waals surface area contributed by atoms with Gasteiger partial charge in [-0.15, -0.1) is 0 Å². The summed E-state index contributed by atoms with van der Waals surface area (Å²) in [6.45, 7) is 0. The van der Waals surface area contributed by atoms with Crippen LogP contribution in [0.15, 0.2) is 121 Å². The highest BCUT2D eigenvalue weighted by atomic mass is 79.9. The summed E-state index contributed by atoms with van der Waals surface area (Å²) < 4.78 is 4.36. The maximum absolute atomic E-state index is 13.6. The molecule has 8 nitrogen and oxygen atoms in total. The minimum atomic E-state index is -0.454. The van der Waals surface area contributed by atoms with Gasteiger partial charge in [-0.3, -0.25) is 19.2 Å². The van der Waals surface area contributed by atoms with Crippen LogP contribution in [0.25, 0.3) is 33.9 Å². The molecule has 5 aromatic carbocycles. The number of anilines is 2. The number of hydrogen-bond donors (Lipinski definition) is 0. The van der Waals surface area contributed by atoms with Crippen molar-refractivity contribution in [2.45, 2.75) is 0 Å². The number of fused-ring (bicyclic) bond motifs is 2. The number of imide groups is 2. The van der Waals surface area contributed by atoms with Crippen LogP contribution in [0.4, 0.5) is 11.4 Å². The molecule has 0 saturated heterocycles. The van der Waals surface area contributed by atoms with Gasteiger partial charge in [-0.2, -0.15) is 0 Å². The first-order chi connectivity index (χ1) is 25.8. The Morgan fingerprint density at radius 3 is 1.00 bits per heavy atom. The average molecular weight is 1230 g/mol. The Hall–Kier alpha value is -2.70. The molecule has 3 heterocycles. The van der Waals surface area contributed by atoms with Crippen LogP contribution in [0, 0.1) is 0 Å². The van der Waals surface area contributed by atoms with Crippen molar-refractivity contribution in [1.82, 2.24) is 9.97 Å². The van der Waals surface area contributed by atoms with E-state index in [9.17, 15) is 19.2 Å². The van der Waals surface area contributed by atoms with Gasteiger partial charge in [0.1, 0.15) is 0 Å². The first-order valence-corrected chi connectivity index (χ1v) is 21.8. The number of carbonyl (C=O) groups excluding carboxylic acids is 4. The summed E-state index contributed by atoms with van der Waals surface area (Å²) in [7, 11) is 0. The Bertz CT molecular complexity index is 2420. The van der Waals surface area contributed by atoms with Gasteiger partial charge in [0.15, 0.2) is 5.82 Å². The predicted octanol–water partition coefficient (Wildman–Crippen LogP) is 13.2. The van der Waals surface area contributed by atoms with E-state index in [2.05, 4.69) is 127 Å². The molecule has 16 heteroatoms. The second-order valence-corrected chi connectivity index (χ2v) is 18.2. The molecule has 0 aliphatic carbocycles. The quantitative estimate of drug-likeness (QED) is 0.0968. The molecule has 0 atom stereocenters. The summed E-state index contributed by atoms with van der Waals surface area (Å²) in [6, 6.07) is 25.4. The second kappa shape index (κ2) is 14.7. The van der Waals surface area contributed by atoms with Crippen LogP contribution in [0.2, 0.25) is 0 Å². The third kappa shape index (κ3) is 6.10. The van der Waals surface area contributed by atoms with Crippen LogP contribution in [0.3, 0.4) is 0 Å². The fraction of sp³-hybridized carbons (Fsp3) is 0. The lowest BCUT2D eigenvalue weighted by atomic mass is 10.1. The van der Waals surface area contributed by atoms with Gasteiger partial charge >= 0.3 is 0 Å². The minimum absolute atomic E-state index is 0.259. The van der Waals surface area contributed by atoms with E-state index < -0.39 is 23.6 Å². The lowest BCUT2D eigenvalue weighted by Crippen LogP contribution is -2.29. The van der Waals surface area contributed by atoms with Gasteiger partial charge in [0, 0.05) is 52.5 Å². The van der Waals surface area contributed by atoms with Crippen LogP contribution in [-0.4, -0.2) is 33.6 Å². The Balaban J connectivity index is 1.15. The summed E-state index contributed by atoms with van der Waals surface area (Å²) in [5.41, 5.74) is 5.28. The van der Waals surface area contributed by atoms with Gasteiger partial charge in [-0.05, 0) is 158 Å². The molecule has 0 saturated carbocycles. The van der Waals surface area contributed by atoms with Crippen LogP contribution in [0.1, 0.15) is 41.4 Å². The normalized spacial score (nSPS) is 13.6. The van der Waals surface area contributed by atoms with Crippen molar-refractivity contribution in [3.8, 4) is 33.9 Å². The SMILES string of the molecule is O=C1c2c(Br)c(Br)c(Br)c(Br)c2C(=O)N1c1ccc(-c2cc(-c3ccc(N4C(=O)c5c(Br)c(Br)c(Br)c(Br)c5C4=O)cc3)nc(-c3ccccc3)n2)cc1. The molecule has 0 bridgehead atoms. The van der Waals surface area contributed by atoms with Crippen LogP contribution in [-0.2, 0) is 0 Å². The number of benzene rings is 5. The standard InChI is InChI=1S/C38H14Br8N4O4/c39-26-22-23(27(40)31(44)30(26)43)36(52)49(35(22)51)18-10-6-15(7-11-18)20-14-21(48-34(47-20)17-4-2-1-3-5-17)16-8-12-19(13-9-16)50-37(53)24-25(38(50)54)29(42)33(46)32(45)28(24)41/h1-14H.